The van der Waals surface area contributed by atoms with Crippen molar-refractivity contribution in [3.63, 3.8) is 0 Å². The van der Waals surface area contributed by atoms with Crippen LogP contribution in [0, 0.1) is 0 Å². The second-order valence-electron chi connectivity index (χ2n) is 13.0. The molecule has 2 heterocycles. The van der Waals surface area contributed by atoms with Crippen molar-refractivity contribution in [1.82, 2.24) is 10.2 Å². The Bertz CT molecular complexity index is 1220. The molecule has 0 aromatic heterocycles. The summed E-state index contributed by atoms with van der Waals surface area (Å²) in [5.41, 5.74) is 0.924. The molecule has 3 rings (SSSR count). The van der Waals surface area contributed by atoms with E-state index in [9.17, 15) is 19.2 Å². The average Bonchev–Trinajstić information content (AvgIpc) is 3.42. The third-order valence-electron chi connectivity index (χ3n) is 8.78. The van der Waals surface area contributed by atoms with E-state index in [0.29, 0.717) is 111 Å². The highest BCUT2D eigenvalue weighted by Gasteiger charge is 2.45. The number of hydrogen-bond donors (Lipinski definition) is 2. The summed E-state index contributed by atoms with van der Waals surface area (Å²) >= 11 is 0. The first-order valence-electron chi connectivity index (χ1n) is 19.7. The smallest absolute Gasteiger partial charge is 0.264 e. The SMILES string of the molecule is CCCCCCCCCCOCCOCCOCCOCCOCCOCCOCCOCCNc1cccc2c1C(=O)N(C1CCC(=O)NC1=O)C2=O. The fourth-order valence-corrected chi connectivity index (χ4v) is 5.90. The minimum absolute atomic E-state index is 0.0700. The molecule has 2 aliphatic heterocycles. The van der Waals surface area contributed by atoms with Crippen LogP contribution in [0.3, 0.4) is 0 Å². The van der Waals surface area contributed by atoms with E-state index in [1.165, 1.54) is 44.9 Å². The van der Waals surface area contributed by atoms with Gasteiger partial charge in [0.2, 0.25) is 11.8 Å². The van der Waals surface area contributed by atoms with Crippen molar-refractivity contribution in [3.05, 3.63) is 29.3 Å². The van der Waals surface area contributed by atoms with Gasteiger partial charge < -0.3 is 43.2 Å². The number of fused-ring (bicyclic) bond motifs is 1. The van der Waals surface area contributed by atoms with E-state index in [2.05, 4.69) is 17.6 Å². The summed E-state index contributed by atoms with van der Waals surface area (Å²) in [6, 6.07) is 3.92. The molecule has 1 atom stereocenters. The second kappa shape index (κ2) is 29.3. The summed E-state index contributed by atoms with van der Waals surface area (Å²) in [5.74, 6) is -2.15. The molecule has 0 bridgehead atoms. The monoisotopic (exact) mass is 765 g/mol. The zero-order valence-corrected chi connectivity index (χ0v) is 32.2. The average molecular weight is 766 g/mol. The molecule has 4 amide bonds. The summed E-state index contributed by atoms with van der Waals surface area (Å²) in [6.07, 6.45) is 10.6. The lowest BCUT2D eigenvalue weighted by Crippen LogP contribution is -2.54. The molecule has 2 aliphatic rings. The van der Waals surface area contributed by atoms with E-state index in [0.717, 1.165) is 17.9 Å². The van der Waals surface area contributed by atoms with Crippen molar-refractivity contribution in [1.29, 1.82) is 0 Å². The molecule has 1 aromatic rings. The summed E-state index contributed by atoms with van der Waals surface area (Å²) in [4.78, 5) is 50.9. The Morgan fingerprint density at radius 1 is 0.593 bits per heavy atom. The molecule has 1 unspecified atom stereocenters. The van der Waals surface area contributed by atoms with Crippen LogP contribution in [0.2, 0.25) is 0 Å². The topological polar surface area (TPSA) is 169 Å². The minimum atomic E-state index is -1.01. The van der Waals surface area contributed by atoms with Gasteiger partial charge in [-0.2, -0.15) is 0 Å². The fraction of sp³-hybridized carbons (Fsp3) is 0.744. The Balaban J connectivity index is 1.02. The largest absolute Gasteiger partial charge is 0.382 e. The van der Waals surface area contributed by atoms with Gasteiger partial charge >= 0.3 is 0 Å². The Morgan fingerprint density at radius 3 is 1.56 bits per heavy atom. The summed E-state index contributed by atoms with van der Waals surface area (Å²) in [5, 5.41) is 5.34. The van der Waals surface area contributed by atoms with E-state index in [1.807, 2.05) is 0 Å². The highest BCUT2D eigenvalue weighted by molar-refractivity contribution is 6.25. The molecular weight excluding hydrogens is 702 g/mol. The Kier molecular flexibility index (Phi) is 24.6. The number of piperidine rings is 1. The van der Waals surface area contributed by atoms with Crippen molar-refractivity contribution in [2.45, 2.75) is 77.2 Å². The van der Waals surface area contributed by atoms with E-state index < -0.39 is 29.7 Å². The van der Waals surface area contributed by atoms with Gasteiger partial charge in [0.05, 0.1) is 110 Å². The first-order chi connectivity index (χ1) is 26.5. The number of rotatable bonds is 35. The Labute approximate surface area is 320 Å². The van der Waals surface area contributed by atoms with Crippen LogP contribution in [0.1, 0.15) is 91.8 Å². The van der Waals surface area contributed by atoms with Gasteiger partial charge in [-0.1, -0.05) is 57.9 Å². The first kappa shape index (κ1) is 45.4. The molecule has 15 heteroatoms. The lowest BCUT2D eigenvalue weighted by molar-refractivity contribution is -0.136. The highest BCUT2D eigenvalue weighted by Crippen LogP contribution is 2.32. The maximum Gasteiger partial charge on any atom is 0.264 e. The summed E-state index contributed by atoms with van der Waals surface area (Å²) in [6.45, 7) is 10.7. The summed E-state index contributed by atoms with van der Waals surface area (Å²) < 4.78 is 44.3. The zero-order valence-electron chi connectivity index (χ0n) is 32.2. The maximum atomic E-state index is 13.2. The number of carbonyl (C=O) groups excluding carboxylic acids is 4. The zero-order chi connectivity index (χ0) is 38.5. The molecule has 0 saturated carbocycles. The van der Waals surface area contributed by atoms with Gasteiger partial charge in [-0.15, -0.1) is 0 Å². The molecule has 306 valence electrons. The lowest BCUT2D eigenvalue weighted by Gasteiger charge is -2.27. The van der Waals surface area contributed by atoms with E-state index in [4.69, 9.17) is 37.9 Å². The lowest BCUT2D eigenvalue weighted by atomic mass is 10.0. The van der Waals surface area contributed by atoms with E-state index >= 15 is 0 Å². The molecule has 1 fully saturated rings. The molecular formula is C39H63N3O12. The minimum Gasteiger partial charge on any atom is -0.382 e. The number of nitrogens with zero attached hydrogens (tertiary/aromatic N) is 1. The number of carbonyl (C=O) groups is 4. The molecule has 54 heavy (non-hydrogen) atoms. The van der Waals surface area contributed by atoms with Crippen LogP contribution in [0.4, 0.5) is 5.69 Å². The van der Waals surface area contributed by atoms with Crippen LogP contribution in [-0.4, -0.2) is 147 Å². The van der Waals surface area contributed by atoms with Crippen molar-refractivity contribution in [3.8, 4) is 0 Å². The quantitative estimate of drug-likeness (QED) is 0.0758. The normalized spacial score (nSPS) is 15.6. The number of amides is 4. The molecule has 1 aromatic carbocycles. The molecule has 2 N–H and O–H groups in total. The number of anilines is 1. The molecule has 15 nitrogen and oxygen atoms in total. The van der Waals surface area contributed by atoms with Crippen LogP contribution in [0.15, 0.2) is 18.2 Å². The number of benzene rings is 1. The van der Waals surface area contributed by atoms with Crippen molar-refractivity contribution in [2.24, 2.45) is 0 Å². The molecule has 0 spiro atoms. The maximum absolute atomic E-state index is 13.2. The van der Waals surface area contributed by atoms with Crippen LogP contribution < -0.4 is 10.6 Å². The third kappa shape index (κ3) is 18.1. The predicted molar refractivity (Wildman–Crippen MR) is 201 cm³/mol. The number of nitrogens with one attached hydrogen (secondary N) is 2. The molecule has 0 radical (unpaired) electrons. The van der Waals surface area contributed by atoms with Gasteiger partial charge in [0.25, 0.3) is 11.8 Å². The number of hydrogen-bond acceptors (Lipinski definition) is 13. The highest BCUT2D eigenvalue weighted by atomic mass is 16.6. The van der Waals surface area contributed by atoms with Crippen LogP contribution in [-0.2, 0) is 47.5 Å². The van der Waals surface area contributed by atoms with Crippen molar-refractivity contribution < 1.29 is 57.1 Å². The van der Waals surface area contributed by atoms with Gasteiger partial charge in [-0.05, 0) is 25.0 Å². The number of imide groups is 2. The van der Waals surface area contributed by atoms with Gasteiger partial charge in [0.1, 0.15) is 6.04 Å². The van der Waals surface area contributed by atoms with E-state index in [-0.39, 0.29) is 24.0 Å². The standard InChI is InChI=1S/C39H63N3O12/c1-2-3-4-5-6-7-8-9-16-47-18-20-49-22-24-51-26-28-53-30-31-54-29-27-52-25-23-50-21-19-48-17-15-40-33-12-10-11-32-36(33)39(46)42(38(32)45)34-13-14-35(43)41-37(34)44/h10-12,34,40H,2-9,13-31H2,1H3,(H,41,43,44). The Morgan fingerprint density at radius 2 is 1.06 bits per heavy atom. The fourth-order valence-electron chi connectivity index (χ4n) is 5.90. The molecule has 1 saturated heterocycles. The van der Waals surface area contributed by atoms with Crippen molar-refractivity contribution in [2.75, 3.05) is 118 Å². The van der Waals surface area contributed by atoms with Gasteiger partial charge in [0.15, 0.2) is 0 Å². The number of ether oxygens (including phenoxy) is 8. The van der Waals surface area contributed by atoms with Crippen molar-refractivity contribution >= 4 is 29.3 Å². The first-order valence-corrected chi connectivity index (χ1v) is 19.7. The molecule has 0 aliphatic carbocycles. The second-order valence-corrected chi connectivity index (χ2v) is 13.0. The Hall–Kier alpha value is -3.02. The van der Waals surface area contributed by atoms with Gasteiger partial charge in [-0.3, -0.25) is 29.4 Å². The predicted octanol–water partition coefficient (Wildman–Crippen LogP) is 3.77. The van der Waals surface area contributed by atoms with E-state index in [1.54, 1.807) is 18.2 Å². The number of unbranched alkanes of at least 4 members (excludes halogenated alkanes) is 7. The van der Waals surface area contributed by atoms with Crippen LogP contribution in [0.25, 0.3) is 0 Å². The van der Waals surface area contributed by atoms with Crippen LogP contribution >= 0.6 is 0 Å². The third-order valence-corrected chi connectivity index (χ3v) is 8.78. The van der Waals surface area contributed by atoms with Gasteiger partial charge in [-0.25, -0.2) is 0 Å². The van der Waals surface area contributed by atoms with Gasteiger partial charge in [0, 0.05) is 25.3 Å². The summed E-state index contributed by atoms with van der Waals surface area (Å²) in [7, 11) is 0. The van der Waals surface area contributed by atoms with Crippen LogP contribution in [0.5, 0.6) is 0 Å².